The molecule has 104 valence electrons. The molecule has 2 rings (SSSR count). The van der Waals surface area contributed by atoms with Gasteiger partial charge in [-0.05, 0) is 13.8 Å². The zero-order valence-electron chi connectivity index (χ0n) is 11.3. The Labute approximate surface area is 116 Å². The maximum absolute atomic E-state index is 12.4. The summed E-state index contributed by atoms with van der Waals surface area (Å²) in [6.45, 7) is 5.37. The van der Waals surface area contributed by atoms with Crippen LogP contribution in [0.4, 0.5) is 0 Å². The van der Waals surface area contributed by atoms with Crippen LogP contribution >= 0.6 is 11.3 Å². The molecule has 2 amide bonds. The first-order valence-corrected chi connectivity index (χ1v) is 7.03. The van der Waals surface area contributed by atoms with Crippen LogP contribution in [0.1, 0.15) is 20.4 Å². The van der Waals surface area contributed by atoms with E-state index in [-0.39, 0.29) is 17.9 Å². The molecule has 1 atom stereocenters. The third kappa shape index (κ3) is 2.93. The monoisotopic (exact) mass is 282 g/mol. The molecule has 19 heavy (non-hydrogen) atoms. The van der Waals surface area contributed by atoms with Gasteiger partial charge in [0.2, 0.25) is 5.91 Å². The van der Waals surface area contributed by atoms with Gasteiger partial charge in [-0.2, -0.15) is 0 Å². The van der Waals surface area contributed by atoms with E-state index in [1.165, 1.54) is 11.3 Å². The number of rotatable bonds is 2. The fourth-order valence-corrected chi connectivity index (χ4v) is 3.05. The van der Waals surface area contributed by atoms with Crippen LogP contribution in [0, 0.1) is 13.8 Å². The van der Waals surface area contributed by atoms with Crippen LogP contribution in [-0.4, -0.2) is 54.4 Å². The molecule has 1 aromatic heterocycles. The molecular weight excluding hydrogens is 264 g/mol. The Morgan fingerprint density at radius 1 is 1.47 bits per heavy atom. The highest BCUT2D eigenvalue weighted by atomic mass is 32.1. The Balaban J connectivity index is 2.11. The number of thiazole rings is 1. The minimum atomic E-state index is -0.336. The van der Waals surface area contributed by atoms with E-state index in [1.54, 1.807) is 11.9 Å². The number of hydrogen-bond acceptors (Lipinski definition) is 5. The summed E-state index contributed by atoms with van der Waals surface area (Å²) in [5.41, 5.74) is 0.766. The molecule has 0 spiro atoms. The third-order valence-corrected chi connectivity index (χ3v) is 4.18. The molecule has 6 nitrogen and oxygen atoms in total. The number of aryl methyl sites for hydroxylation is 2. The van der Waals surface area contributed by atoms with Crippen molar-refractivity contribution in [3.63, 3.8) is 0 Å². The molecule has 0 radical (unpaired) electrons. The van der Waals surface area contributed by atoms with Crippen LogP contribution in [0.15, 0.2) is 0 Å². The summed E-state index contributed by atoms with van der Waals surface area (Å²) in [6, 6.07) is -0.336. The second kappa shape index (κ2) is 5.66. The molecule has 0 saturated carbocycles. The average molecular weight is 282 g/mol. The normalized spacial score (nSPS) is 19.3. The molecule has 7 heteroatoms. The lowest BCUT2D eigenvalue weighted by Crippen LogP contribution is -2.57. The lowest BCUT2D eigenvalue weighted by Gasteiger charge is -2.32. The van der Waals surface area contributed by atoms with Crippen LogP contribution < -0.4 is 10.6 Å². The second-order valence-electron chi connectivity index (χ2n) is 4.52. The molecule has 1 aliphatic heterocycles. The molecule has 2 N–H and O–H groups in total. The Bertz CT molecular complexity index is 500. The number of aromatic nitrogens is 1. The Morgan fingerprint density at radius 2 is 2.21 bits per heavy atom. The highest BCUT2D eigenvalue weighted by Gasteiger charge is 2.29. The topological polar surface area (TPSA) is 74.3 Å². The maximum Gasteiger partial charge on any atom is 0.265 e. The Kier molecular flexibility index (Phi) is 4.16. The quantitative estimate of drug-likeness (QED) is 0.796. The lowest BCUT2D eigenvalue weighted by molar-refractivity contribution is -0.123. The predicted molar refractivity (Wildman–Crippen MR) is 73.3 cm³/mol. The van der Waals surface area contributed by atoms with Crippen LogP contribution in [0.25, 0.3) is 0 Å². The zero-order chi connectivity index (χ0) is 14.0. The van der Waals surface area contributed by atoms with Crippen molar-refractivity contribution < 1.29 is 9.59 Å². The number of piperazine rings is 1. The van der Waals surface area contributed by atoms with Crippen molar-refractivity contribution in [2.24, 2.45) is 0 Å². The molecule has 1 fully saturated rings. The van der Waals surface area contributed by atoms with Crippen molar-refractivity contribution in [3.8, 4) is 0 Å². The summed E-state index contributed by atoms with van der Waals surface area (Å²) in [5, 5.41) is 6.60. The van der Waals surface area contributed by atoms with E-state index >= 15 is 0 Å². The van der Waals surface area contributed by atoms with Gasteiger partial charge in [0.15, 0.2) is 0 Å². The lowest BCUT2D eigenvalue weighted by atomic mass is 10.2. The number of carbonyl (C=O) groups is 2. The van der Waals surface area contributed by atoms with Crippen LogP contribution in [0.3, 0.4) is 0 Å². The van der Waals surface area contributed by atoms with Crippen molar-refractivity contribution in [1.29, 1.82) is 0 Å². The third-order valence-electron chi connectivity index (χ3n) is 3.12. The average Bonchev–Trinajstić information content (AvgIpc) is 2.76. The van der Waals surface area contributed by atoms with E-state index in [9.17, 15) is 9.59 Å². The fourth-order valence-electron chi connectivity index (χ4n) is 2.16. The number of likely N-dealkylation sites (N-methyl/N-ethyl adjacent to an activating group) is 1. The van der Waals surface area contributed by atoms with E-state index in [0.717, 1.165) is 10.7 Å². The van der Waals surface area contributed by atoms with Gasteiger partial charge in [-0.1, -0.05) is 0 Å². The number of nitrogens with one attached hydrogen (secondary N) is 2. The summed E-state index contributed by atoms with van der Waals surface area (Å²) in [5.74, 6) is -0.117. The molecule has 1 aromatic rings. The van der Waals surface area contributed by atoms with Crippen LogP contribution in [0.2, 0.25) is 0 Å². The van der Waals surface area contributed by atoms with Crippen molar-refractivity contribution in [3.05, 3.63) is 15.6 Å². The smallest absolute Gasteiger partial charge is 0.265 e. The van der Waals surface area contributed by atoms with Crippen molar-refractivity contribution in [1.82, 2.24) is 20.5 Å². The highest BCUT2D eigenvalue weighted by Crippen LogP contribution is 2.19. The number of hydrogen-bond donors (Lipinski definition) is 2. The SMILES string of the molecule is CNC(=O)[C@H]1CN(C(=O)c2sc(C)nc2C)CCN1. The first-order chi connectivity index (χ1) is 9.02. The van der Waals surface area contributed by atoms with E-state index in [2.05, 4.69) is 15.6 Å². The van der Waals surface area contributed by atoms with Gasteiger partial charge >= 0.3 is 0 Å². The number of amides is 2. The molecule has 0 aromatic carbocycles. The fraction of sp³-hybridized carbons (Fsp3) is 0.583. The number of nitrogens with zero attached hydrogens (tertiary/aromatic N) is 2. The molecular formula is C12H18N4O2S. The maximum atomic E-state index is 12.4. The zero-order valence-corrected chi connectivity index (χ0v) is 12.1. The molecule has 0 unspecified atom stereocenters. The first kappa shape index (κ1) is 14.0. The largest absolute Gasteiger partial charge is 0.358 e. The first-order valence-electron chi connectivity index (χ1n) is 6.21. The van der Waals surface area contributed by atoms with E-state index in [1.807, 2.05) is 13.8 Å². The van der Waals surface area contributed by atoms with Gasteiger partial charge in [0.1, 0.15) is 10.9 Å². The van der Waals surface area contributed by atoms with Gasteiger partial charge in [-0.3, -0.25) is 9.59 Å². The van der Waals surface area contributed by atoms with Crippen molar-refractivity contribution in [2.75, 3.05) is 26.7 Å². The van der Waals surface area contributed by atoms with Gasteiger partial charge in [0.25, 0.3) is 5.91 Å². The minimum absolute atomic E-state index is 0.0292. The summed E-state index contributed by atoms with van der Waals surface area (Å²) in [4.78, 5) is 30.7. The van der Waals surface area contributed by atoms with Gasteiger partial charge < -0.3 is 15.5 Å². The molecule has 1 saturated heterocycles. The summed E-state index contributed by atoms with van der Waals surface area (Å²) in [7, 11) is 1.60. The number of carbonyl (C=O) groups excluding carboxylic acids is 2. The van der Waals surface area contributed by atoms with Gasteiger partial charge in [-0.25, -0.2) is 4.98 Å². The Hall–Kier alpha value is -1.47. The molecule has 0 aliphatic carbocycles. The van der Waals surface area contributed by atoms with E-state index < -0.39 is 0 Å². The Morgan fingerprint density at radius 3 is 2.79 bits per heavy atom. The summed E-state index contributed by atoms with van der Waals surface area (Å²) in [6.07, 6.45) is 0. The molecule has 0 bridgehead atoms. The van der Waals surface area contributed by atoms with Gasteiger partial charge in [0, 0.05) is 26.7 Å². The minimum Gasteiger partial charge on any atom is -0.358 e. The summed E-state index contributed by atoms with van der Waals surface area (Å²) < 4.78 is 0. The standard InChI is InChI=1S/C12H18N4O2S/c1-7-10(19-8(2)15-7)12(18)16-5-4-14-9(6-16)11(17)13-3/h9,14H,4-6H2,1-3H3,(H,13,17)/t9-/m1/s1. The van der Waals surface area contributed by atoms with Gasteiger partial charge in [-0.15, -0.1) is 11.3 Å². The molecule has 1 aliphatic rings. The predicted octanol–water partition coefficient (Wildman–Crippen LogP) is -0.0801. The second-order valence-corrected chi connectivity index (χ2v) is 5.72. The van der Waals surface area contributed by atoms with E-state index in [0.29, 0.717) is 24.5 Å². The van der Waals surface area contributed by atoms with E-state index in [4.69, 9.17) is 0 Å². The van der Waals surface area contributed by atoms with Gasteiger partial charge in [0.05, 0.1) is 10.7 Å². The summed E-state index contributed by atoms with van der Waals surface area (Å²) >= 11 is 1.41. The van der Waals surface area contributed by atoms with Crippen molar-refractivity contribution in [2.45, 2.75) is 19.9 Å². The highest BCUT2D eigenvalue weighted by molar-refractivity contribution is 7.13. The van der Waals surface area contributed by atoms with Crippen LogP contribution in [0.5, 0.6) is 0 Å². The van der Waals surface area contributed by atoms with Crippen molar-refractivity contribution >= 4 is 23.2 Å². The van der Waals surface area contributed by atoms with Crippen LogP contribution in [-0.2, 0) is 4.79 Å². The molecule has 2 heterocycles.